The Morgan fingerprint density at radius 3 is 2.29 bits per heavy atom. The molecule has 2 atom stereocenters. The summed E-state index contributed by atoms with van der Waals surface area (Å²) in [6.07, 6.45) is 6.22. The monoisotopic (exact) mass is 321 g/mol. The molecule has 2 aromatic carbocycles. The molecule has 0 fully saturated rings. The first kappa shape index (κ1) is 16.9. The highest BCUT2D eigenvalue weighted by molar-refractivity contribution is 5.28. The number of nitrogens with zero attached hydrogens (tertiary/aromatic N) is 1. The molecule has 0 aliphatic carbocycles. The van der Waals surface area contributed by atoms with Crippen molar-refractivity contribution in [1.82, 2.24) is 4.90 Å². The molecule has 0 radical (unpaired) electrons. The lowest BCUT2D eigenvalue weighted by Crippen LogP contribution is -2.43. The molecule has 126 valence electrons. The van der Waals surface area contributed by atoms with Gasteiger partial charge in [-0.05, 0) is 17.5 Å². The van der Waals surface area contributed by atoms with Gasteiger partial charge >= 0.3 is 0 Å². The van der Waals surface area contributed by atoms with Gasteiger partial charge in [0.1, 0.15) is 0 Å². The molecule has 0 amide bonds. The van der Waals surface area contributed by atoms with E-state index in [0.717, 1.165) is 31.6 Å². The number of rotatable bonds is 6. The standard InChI is InChI=1S/C22H27NO/c1-19(18-23-15-9-4-10-16-23)22(24,21-13-7-3-8-14-21)17-20-11-5-2-6-12-20/h2-9,11-14,19,24H,10,15-18H2,1H3/t19-,22+/m0/s1. The van der Waals surface area contributed by atoms with Gasteiger partial charge in [0.25, 0.3) is 0 Å². The van der Waals surface area contributed by atoms with E-state index in [2.05, 4.69) is 48.2 Å². The topological polar surface area (TPSA) is 23.5 Å². The summed E-state index contributed by atoms with van der Waals surface area (Å²) in [4.78, 5) is 2.43. The first-order valence-corrected chi connectivity index (χ1v) is 8.87. The van der Waals surface area contributed by atoms with Crippen LogP contribution in [-0.4, -0.2) is 29.6 Å². The fraction of sp³-hybridized carbons (Fsp3) is 0.364. The van der Waals surface area contributed by atoms with E-state index >= 15 is 0 Å². The molecular formula is C22H27NO. The van der Waals surface area contributed by atoms with Gasteiger partial charge in [-0.1, -0.05) is 79.7 Å². The number of aliphatic hydroxyl groups is 1. The van der Waals surface area contributed by atoms with E-state index < -0.39 is 5.60 Å². The molecular weight excluding hydrogens is 294 g/mol. The smallest absolute Gasteiger partial charge is 0.0974 e. The molecule has 3 rings (SSSR count). The number of benzene rings is 2. The van der Waals surface area contributed by atoms with Gasteiger partial charge in [-0.3, -0.25) is 4.90 Å². The summed E-state index contributed by atoms with van der Waals surface area (Å²) in [5, 5.41) is 11.7. The zero-order chi connectivity index (χ0) is 16.8. The third kappa shape index (κ3) is 3.95. The molecule has 0 saturated carbocycles. The second-order valence-electron chi connectivity index (χ2n) is 6.87. The number of hydrogen-bond acceptors (Lipinski definition) is 2. The summed E-state index contributed by atoms with van der Waals surface area (Å²) in [7, 11) is 0. The largest absolute Gasteiger partial charge is 0.384 e. The predicted octanol–water partition coefficient (Wildman–Crippen LogP) is 4.01. The van der Waals surface area contributed by atoms with Gasteiger partial charge in [-0.2, -0.15) is 0 Å². The van der Waals surface area contributed by atoms with Gasteiger partial charge in [0, 0.05) is 32.0 Å². The maximum absolute atomic E-state index is 11.7. The van der Waals surface area contributed by atoms with Crippen LogP contribution < -0.4 is 0 Å². The summed E-state index contributed by atoms with van der Waals surface area (Å²) < 4.78 is 0. The lowest BCUT2D eigenvalue weighted by Gasteiger charge is -2.38. The molecule has 1 N–H and O–H groups in total. The second kappa shape index (κ2) is 7.78. The minimum atomic E-state index is -0.857. The van der Waals surface area contributed by atoms with E-state index in [9.17, 15) is 5.11 Å². The van der Waals surface area contributed by atoms with Crippen molar-refractivity contribution in [2.24, 2.45) is 5.92 Å². The normalized spacial score (nSPS) is 18.9. The Hall–Kier alpha value is -1.90. The maximum atomic E-state index is 11.7. The minimum Gasteiger partial charge on any atom is -0.384 e. The highest BCUT2D eigenvalue weighted by Crippen LogP contribution is 2.34. The second-order valence-corrected chi connectivity index (χ2v) is 6.87. The van der Waals surface area contributed by atoms with Crippen LogP contribution >= 0.6 is 0 Å². The van der Waals surface area contributed by atoms with Gasteiger partial charge in [0.2, 0.25) is 0 Å². The van der Waals surface area contributed by atoms with Crippen LogP contribution in [0, 0.1) is 5.92 Å². The van der Waals surface area contributed by atoms with Crippen LogP contribution in [-0.2, 0) is 12.0 Å². The fourth-order valence-corrected chi connectivity index (χ4v) is 3.59. The van der Waals surface area contributed by atoms with E-state index in [0.29, 0.717) is 6.42 Å². The van der Waals surface area contributed by atoms with Gasteiger partial charge in [-0.25, -0.2) is 0 Å². The molecule has 1 aliphatic rings. The predicted molar refractivity (Wildman–Crippen MR) is 99.8 cm³/mol. The molecule has 1 aliphatic heterocycles. The van der Waals surface area contributed by atoms with Crippen LogP contribution in [0.2, 0.25) is 0 Å². The Morgan fingerprint density at radius 2 is 1.67 bits per heavy atom. The van der Waals surface area contributed by atoms with Crippen molar-refractivity contribution in [1.29, 1.82) is 0 Å². The van der Waals surface area contributed by atoms with E-state index in [1.54, 1.807) is 0 Å². The molecule has 0 bridgehead atoms. The summed E-state index contributed by atoms with van der Waals surface area (Å²) in [5.41, 5.74) is 1.33. The summed E-state index contributed by atoms with van der Waals surface area (Å²) in [6, 6.07) is 20.5. The van der Waals surface area contributed by atoms with Crippen molar-refractivity contribution in [3.8, 4) is 0 Å². The van der Waals surface area contributed by atoms with Crippen molar-refractivity contribution < 1.29 is 5.11 Å². The highest BCUT2D eigenvalue weighted by Gasteiger charge is 2.36. The van der Waals surface area contributed by atoms with Crippen molar-refractivity contribution in [2.75, 3.05) is 19.6 Å². The number of hydrogen-bond donors (Lipinski definition) is 1. The van der Waals surface area contributed by atoms with Crippen molar-refractivity contribution >= 4 is 0 Å². The maximum Gasteiger partial charge on any atom is 0.0974 e. The Morgan fingerprint density at radius 1 is 1.00 bits per heavy atom. The third-order valence-electron chi connectivity index (χ3n) is 5.08. The van der Waals surface area contributed by atoms with Crippen LogP contribution in [0.15, 0.2) is 72.8 Å². The summed E-state index contributed by atoms with van der Waals surface area (Å²) >= 11 is 0. The van der Waals surface area contributed by atoms with E-state index in [1.165, 1.54) is 5.56 Å². The molecule has 2 heteroatoms. The van der Waals surface area contributed by atoms with Crippen LogP contribution in [0.3, 0.4) is 0 Å². The Balaban J connectivity index is 1.85. The Labute approximate surface area is 145 Å². The first-order chi connectivity index (χ1) is 11.7. The Bertz CT molecular complexity index is 652. The lowest BCUT2D eigenvalue weighted by atomic mass is 9.77. The summed E-state index contributed by atoms with van der Waals surface area (Å²) in [6.45, 7) is 5.15. The van der Waals surface area contributed by atoms with Crippen LogP contribution in [0.4, 0.5) is 0 Å². The SMILES string of the molecule is C[C@@H](CN1CC=CCC1)[C@](O)(Cc1ccccc1)c1ccccc1. The van der Waals surface area contributed by atoms with Crippen molar-refractivity contribution in [3.05, 3.63) is 83.9 Å². The van der Waals surface area contributed by atoms with E-state index in [1.807, 2.05) is 36.4 Å². The molecule has 0 saturated heterocycles. The van der Waals surface area contributed by atoms with E-state index in [4.69, 9.17) is 0 Å². The van der Waals surface area contributed by atoms with Crippen molar-refractivity contribution in [3.63, 3.8) is 0 Å². The van der Waals surface area contributed by atoms with Gasteiger partial charge in [0.05, 0.1) is 5.60 Å². The minimum absolute atomic E-state index is 0.145. The fourth-order valence-electron chi connectivity index (χ4n) is 3.59. The van der Waals surface area contributed by atoms with Gasteiger partial charge < -0.3 is 5.11 Å². The van der Waals surface area contributed by atoms with Gasteiger partial charge in [0.15, 0.2) is 0 Å². The van der Waals surface area contributed by atoms with Crippen LogP contribution in [0.1, 0.15) is 24.5 Å². The molecule has 0 unspecified atom stereocenters. The summed E-state index contributed by atoms with van der Waals surface area (Å²) in [5.74, 6) is 0.145. The van der Waals surface area contributed by atoms with Crippen LogP contribution in [0.25, 0.3) is 0 Å². The molecule has 0 aromatic heterocycles. The molecule has 0 spiro atoms. The lowest BCUT2D eigenvalue weighted by molar-refractivity contribution is -0.0290. The zero-order valence-electron chi connectivity index (χ0n) is 14.4. The van der Waals surface area contributed by atoms with Gasteiger partial charge in [-0.15, -0.1) is 0 Å². The van der Waals surface area contributed by atoms with E-state index in [-0.39, 0.29) is 5.92 Å². The molecule has 2 aromatic rings. The Kier molecular flexibility index (Phi) is 5.49. The van der Waals surface area contributed by atoms with Crippen molar-refractivity contribution in [2.45, 2.75) is 25.4 Å². The average Bonchev–Trinajstić information content (AvgIpc) is 2.64. The quantitative estimate of drug-likeness (QED) is 0.813. The first-order valence-electron chi connectivity index (χ1n) is 8.87. The molecule has 1 heterocycles. The third-order valence-corrected chi connectivity index (χ3v) is 5.08. The average molecular weight is 321 g/mol. The van der Waals surface area contributed by atoms with Crippen LogP contribution in [0.5, 0.6) is 0 Å². The highest BCUT2D eigenvalue weighted by atomic mass is 16.3. The molecule has 2 nitrogen and oxygen atoms in total. The molecule has 24 heavy (non-hydrogen) atoms. The zero-order valence-corrected chi connectivity index (χ0v) is 14.4.